The van der Waals surface area contributed by atoms with Gasteiger partial charge in [-0.15, -0.1) is 13.2 Å². The summed E-state index contributed by atoms with van der Waals surface area (Å²) in [7, 11) is 1.56. The van der Waals surface area contributed by atoms with E-state index in [1.54, 1.807) is 19.2 Å². The Balaban J connectivity index is 1.68. The third kappa shape index (κ3) is 6.20. The zero-order valence-corrected chi connectivity index (χ0v) is 16.1. The average molecular weight is 408 g/mol. The van der Waals surface area contributed by atoms with Gasteiger partial charge in [0.1, 0.15) is 5.75 Å². The van der Waals surface area contributed by atoms with Gasteiger partial charge in [0, 0.05) is 44.4 Å². The maximum Gasteiger partial charge on any atom is 0.573 e. The quantitative estimate of drug-likeness (QED) is 0.731. The van der Waals surface area contributed by atoms with Gasteiger partial charge in [0.2, 0.25) is 0 Å². The summed E-state index contributed by atoms with van der Waals surface area (Å²) < 4.78 is 47.2. The van der Waals surface area contributed by atoms with E-state index in [2.05, 4.69) is 9.64 Å². The first-order chi connectivity index (χ1) is 13.8. The monoisotopic (exact) mass is 408 g/mol. The molecular weight excluding hydrogens is 385 g/mol. The molecule has 1 amide bonds. The number of benzene rings is 2. The zero-order chi connectivity index (χ0) is 20.9. The van der Waals surface area contributed by atoms with Crippen molar-refractivity contribution >= 4 is 5.91 Å². The van der Waals surface area contributed by atoms with Crippen molar-refractivity contribution in [1.82, 2.24) is 9.80 Å². The number of halogens is 3. The van der Waals surface area contributed by atoms with Crippen molar-refractivity contribution in [3.05, 3.63) is 65.2 Å². The van der Waals surface area contributed by atoms with E-state index in [0.717, 1.165) is 25.2 Å². The summed E-state index contributed by atoms with van der Waals surface area (Å²) in [6.07, 6.45) is -4.79. The van der Waals surface area contributed by atoms with Gasteiger partial charge in [-0.25, -0.2) is 0 Å². The molecule has 1 aliphatic rings. The van der Waals surface area contributed by atoms with Gasteiger partial charge in [0.15, 0.2) is 0 Å². The van der Waals surface area contributed by atoms with E-state index in [1.807, 2.05) is 18.2 Å². The lowest BCUT2D eigenvalue weighted by Crippen LogP contribution is -2.35. The molecule has 2 aromatic carbocycles. The second-order valence-electron chi connectivity index (χ2n) is 6.91. The van der Waals surface area contributed by atoms with Gasteiger partial charge in [-0.05, 0) is 23.8 Å². The minimum Gasteiger partial charge on any atom is -0.405 e. The lowest BCUT2D eigenvalue weighted by atomic mass is 10.1. The van der Waals surface area contributed by atoms with E-state index >= 15 is 0 Å². The minimum atomic E-state index is -4.79. The Hall–Kier alpha value is -2.58. The van der Waals surface area contributed by atoms with Gasteiger partial charge in [-0.3, -0.25) is 9.69 Å². The highest BCUT2D eigenvalue weighted by Crippen LogP contribution is 2.27. The molecule has 0 saturated carbocycles. The maximum atomic E-state index is 12.8. The highest BCUT2D eigenvalue weighted by molar-refractivity contribution is 5.94. The van der Waals surface area contributed by atoms with Crippen LogP contribution >= 0.6 is 0 Å². The molecule has 8 heteroatoms. The maximum absolute atomic E-state index is 12.8. The fraction of sp³-hybridized carbons (Fsp3) is 0.381. The molecule has 0 spiro atoms. The van der Waals surface area contributed by atoms with Crippen LogP contribution in [0.1, 0.15) is 21.5 Å². The number of morpholine rings is 1. The van der Waals surface area contributed by atoms with Crippen molar-refractivity contribution in [1.29, 1.82) is 0 Å². The first kappa shape index (κ1) is 21.1. The SMILES string of the molecule is CN(Cc1ccccc1OC(F)(F)F)C(=O)c1cccc(CN2CCOCC2)c1. The zero-order valence-electron chi connectivity index (χ0n) is 16.1. The molecule has 0 radical (unpaired) electrons. The topological polar surface area (TPSA) is 42.0 Å². The van der Waals surface area contributed by atoms with Crippen LogP contribution in [0.4, 0.5) is 13.2 Å². The molecule has 0 N–H and O–H groups in total. The van der Waals surface area contributed by atoms with Crippen LogP contribution in [-0.4, -0.2) is 55.4 Å². The Labute approximate surface area is 167 Å². The molecule has 29 heavy (non-hydrogen) atoms. The van der Waals surface area contributed by atoms with E-state index < -0.39 is 6.36 Å². The van der Waals surface area contributed by atoms with E-state index in [4.69, 9.17) is 4.74 Å². The van der Waals surface area contributed by atoms with E-state index in [1.165, 1.54) is 23.1 Å². The second kappa shape index (κ2) is 9.28. The molecule has 0 aliphatic carbocycles. The molecule has 3 rings (SSSR count). The summed E-state index contributed by atoms with van der Waals surface area (Å²) in [5.74, 6) is -0.573. The molecule has 5 nitrogen and oxygen atoms in total. The number of amides is 1. The van der Waals surface area contributed by atoms with Gasteiger partial charge >= 0.3 is 6.36 Å². The second-order valence-corrected chi connectivity index (χ2v) is 6.91. The number of hydrogen-bond donors (Lipinski definition) is 0. The number of nitrogens with zero attached hydrogens (tertiary/aromatic N) is 2. The Bertz CT molecular complexity index is 836. The summed E-state index contributed by atoms with van der Waals surface area (Å²) >= 11 is 0. The minimum absolute atomic E-state index is 0.00121. The molecule has 1 saturated heterocycles. The number of rotatable bonds is 6. The molecule has 2 aromatic rings. The van der Waals surface area contributed by atoms with Gasteiger partial charge in [0.25, 0.3) is 5.91 Å². The molecule has 156 valence electrons. The summed E-state index contributed by atoms with van der Waals surface area (Å²) in [5.41, 5.74) is 1.78. The van der Waals surface area contributed by atoms with Gasteiger partial charge in [-0.1, -0.05) is 30.3 Å². The predicted octanol–water partition coefficient (Wildman–Crippen LogP) is 3.69. The number of alkyl halides is 3. The van der Waals surface area contributed by atoms with Crippen LogP contribution < -0.4 is 4.74 Å². The molecule has 1 aliphatic heterocycles. The Morgan fingerprint density at radius 3 is 2.59 bits per heavy atom. The average Bonchev–Trinajstić information content (AvgIpc) is 2.69. The van der Waals surface area contributed by atoms with Crippen molar-refractivity contribution in [2.45, 2.75) is 19.5 Å². The molecule has 0 unspecified atom stereocenters. The van der Waals surface area contributed by atoms with E-state index in [0.29, 0.717) is 18.8 Å². The van der Waals surface area contributed by atoms with Crippen molar-refractivity contribution < 1.29 is 27.4 Å². The van der Waals surface area contributed by atoms with Crippen molar-refractivity contribution in [2.24, 2.45) is 0 Å². The summed E-state index contributed by atoms with van der Waals surface area (Å²) in [6.45, 7) is 3.79. The van der Waals surface area contributed by atoms with E-state index in [9.17, 15) is 18.0 Å². The van der Waals surface area contributed by atoms with Gasteiger partial charge < -0.3 is 14.4 Å². The predicted molar refractivity (Wildman–Crippen MR) is 101 cm³/mol. The molecule has 1 heterocycles. The van der Waals surface area contributed by atoms with Crippen molar-refractivity contribution in [2.75, 3.05) is 33.4 Å². The summed E-state index contributed by atoms with van der Waals surface area (Å²) in [5, 5.41) is 0. The lowest BCUT2D eigenvalue weighted by Gasteiger charge is -2.26. The Morgan fingerprint density at radius 2 is 1.86 bits per heavy atom. The standard InChI is InChI=1S/C21H23F3N2O3/c1-25(15-18-6-2-3-8-19(18)29-21(22,23)24)20(27)17-7-4-5-16(13-17)14-26-9-11-28-12-10-26/h2-8,13H,9-12,14-15H2,1H3. The molecule has 1 fully saturated rings. The number of para-hydroxylation sites is 1. The lowest BCUT2D eigenvalue weighted by molar-refractivity contribution is -0.275. The van der Waals surface area contributed by atoms with Crippen molar-refractivity contribution in [3.8, 4) is 5.75 Å². The fourth-order valence-electron chi connectivity index (χ4n) is 3.23. The molecular formula is C21H23F3N2O3. The fourth-order valence-corrected chi connectivity index (χ4v) is 3.23. The molecule has 0 atom stereocenters. The van der Waals surface area contributed by atoms with Crippen LogP contribution in [0.5, 0.6) is 5.75 Å². The molecule has 0 bridgehead atoms. The Kier molecular flexibility index (Phi) is 6.76. The smallest absolute Gasteiger partial charge is 0.405 e. The number of carbonyl (C=O) groups excluding carboxylic acids is 1. The number of ether oxygens (including phenoxy) is 2. The van der Waals surface area contributed by atoms with Crippen LogP contribution in [0.15, 0.2) is 48.5 Å². The van der Waals surface area contributed by atoms with Crippen molar-refractivity contribution in [3.63, 3.8) is 0 Å². The van der Waals surface area contributed by atoms with Crippen LogP contribution in [0, 0.1) is 0 Å². The normalized spacial score (nSPS) is 15.2. The van der Waals surface area contributed by atoms with Crippen LogP contribution in [0.3, 0.4) is 0 Å². The van der Waals surface area contributed by atoms with Crippen LogP contribution in [0.25, 0.3) is 0 Å². The first-order valence-electron chi connectivity index (χ1n) is 9.30. The number of carbonyl (C=O) groups is 1. The number of hydrogen-bond acceptors (Lipinski definition) is 4. The summed E-state index contributed by atoms with van der Waals surface area (Å²) in [4.78, 5) is 16.5. The molecule has 0 aromatic heterocycles. The van der Waals surface area contributed by atoms with Crippen LogP contribution in [0.2, 0.25) is 0 Å². The third-order valence-electron chi connectivity index (χ3n) is 4.64. The highest BCUT2D eigenvalue weighted by Gasteiger charge is 2.32. The largest absolute Gasteiger partial charge is 0.573 e. The first-order valence-corrected chi connectivity index (χ1v) is 9.30. The summed E-state index contributed by atoms with van der Waals surface area (Å²) in [6, 6.07) is 13.1. The van der Waals surface area contributed by atoms with E-state index in [-0.39, 0.29) is 23.8 Å². The van der Waals surface area contributed by atoms with Gasteiger partial charge in [0.05, 0.1) is 13.2 Å². The van der Waals surface area contributed by atoms with Gasteiger partial charge in [-0.2, -0.15) is 0 Å². The Morgan fingerprint density at radius 1 is 1.14 bits per heavy atom. The highest BCUT2D eigenvalue weighted by atomic mass is 19.4. The van der Waals surface area contributed by atoms with Crippen LogP contribution in [-0.2, 0) is 17.8 Å². The third-order valence-corrected chi connectivity index (χ3v) is 4.64.